The lowest BCUT2D eigenvalue weighted by Crippen LogP contribution is -2.36. The Balaban J connectivity index is 2.93. The summed E-state index contributed by atoms with van der Waals surface area (Å²) in [5.41, 5.74) is -0.656. The lowest BCUT2D eigenvalue weighted by molar-refractivity contribution is -0.151. The minimum absolute atomic E-state index is 0.338. The number of hydroxylamine groups is 2. The van der Waals surface area contributed by atoms with Crippen molar-refractivity contribution in [3.05, 3.63) is 12.1 Å². The molecule has 0 aliphatic rings. The molecule has 0 fully saturated rings. The van der Waals surface area contributed by atoms with E-state index in [0.29, 0.717) is 11.8 Å². The molecule has 0 saturated heterocycles. The molecule has 1 rings (SSSR count). The first-order chi connectivity index (χ1) is 5.98. The Bertz CT molecular complexity index is 281. The van der Waals surface area contributed by atoms with Crippen molar-refractivity contribution in [2.24, 2.45) is 0 Å². The van der Waals surface area contributed by atoms with E-state index in [2.05, 4.69) is 4.98 Å². The monoisotopic (exact) mass is 186 g/mol. The number of rotatable bonds is 3. The topological polar surface area (TPSA) is 58.7 Å². The van der Waals surface area contributed by atoms with Gasteiger partial charge in [0.2, 0.25) is 5.89 Å². The van der Waals surface area contributed by atoms with Gasteiger partial charge in [0.15, 0.2) is 0 Å². The van der Waals surface area contributed by atoms with Crippen LogP contribution in [0.25, 0.3) is 0 Å². The zero-order valence-electron chi connectivity index (χ0n) is 8.24. The summed E-state index contributed by atoms with van der Waals surface area (Å²) < 4.78 is 10.1. The number of aromatic nitrogens is 1. The number of methoxy groups -OCH3 is 1. The highest BCUT2D eigenvalue weighted by molar-refractivity contribution is 5.05. The van der Waals surface area contributed by atoms with Crippen LogP contribution in [-0.2, 0) is 5.54 Å². The third-order valence-electron chi connectivity index (χ3n) is 2.02. The molecule has 13 heavy (non-hydrogen) atoms. The molecule has 74 valence electrons. The lowest BCUT2D eigenvalue weighted by atomic mass is 10.1. The Labute approximate surface area is 76.9 Å². The number of hydrogen-bond acceptors (Lipinski definition) is 5. The Morgan fingerprint density at radius 2 is 2.23 bits per heavy atom. The Hall–Kier alpha value is -1.07. The summed E-state index contributed by atoms with van der Waals surface area (Å²) >= 11 is 0. The van der Waals surface area contributed by atoms with Gasteiger partial charge in [-0.1, -0.05) is 0 Å². The van der Waals surface area contributed by atoms with Crippen LogP contribution in [0.3, 0.4) is 0 Å². The Kier molecular flexibility index (Phi) is 2.58. The van der Waals surface area contributed by atoms with Gasteiger partial charge in [0, 0.05) is 7.05 Å². The normalized spacial score (nSPS) is 12.2. The van der Waals surface area contributed by atoms with Crippen molar-refractivity contribution in [1.29, 1.82) is 0 Å². The molecule has 0 spiro atoms. The van der Waals surface area contributed by atoms with Gasteiger partial charge in [-0.25, -0.2) is 4.98 Å². The maximum Gasteiger partial charge on any atom is 0.304 e. The molecular weight excluding hydrogens is 172 g/mol. The van der Waals surface area contributed by atoms with E-state index in [1.165, 1.54) is 20.4 Å². The third-order valence-corrected chi connectivity index (χ3v) is 2.02. The van der Waals surface area contributed by atoms with Crippen molar-refractivity contribution >= 4 is 0 Å². The Morgan fingerprint density at radius 1 is 1.62 bits per heavy atom. The summed E-state index contributed by atoms with van der Waals surface area (Å²) in [5, 5.41) is 10.3. The summed E-state index contributed by atoms with van der Waals surface area (Å²) in [4.78, 5) is 3.99. The van der Waals surface area contributed by atoms with E-state index in [9.17, 15) is 5.21 Å². The Morgan fingerprint density at radius 3 is 2.62 bits per heavy atom. The average molecular weight is 186 g/mol. The molecule has 0 unspecified atom stereocenters. The zero-order valence-corrected chi connectivity index (χ0v) is 8.24. The SMILES string of the molecule is COc1cnc(C(C)(C)N(C)O)o1. The van der Waals surface area contributed by atoms with Gasteiger partial charge in [-0.2, -0.15) is 5.06 Å². The maximum atomic E-state index is 9.31. The number of hydrogen-bond donors (Lipinski definition) is 1. The van der Waals surface area contributed by atoms with E-state index >= 15 is 0 Å². The molecule has 1 aromatic heterocycles. The molecule has 1 heterocycles. The smallest absolute Gasteiger partial charge is 0.304 e. The van der Waals surface area contributed by atoms with Crippen molar-refractivity contribution in [3.63, 3.8) is 0 Å². The van der Waals surface area contributed by atoms with Crippen LogP contribution in [0, 0.1) is 0 Å². The second-order valence-corrected chi connectivity index (χ2v) is 3.27. The second kappa shape index (κ2) is 3.35. The first kappa shape index (κ1) is 10.0. The van der Waals surface area contributed by atoms with Crippen molar-refractivity contribution < 1.29 is 14.4 Å². The highest BCUT2D eigenvalue weighted by atomic mass is 16.6. The molecule has 5 nitrogen and oxygen atoms in total. The molecule has 1 N–H and O–H groups in total. The number of ether oxygens (including phenoxy) is 1. The highest BCUT2D eigenvalue weighted by Crippen LogP contribution is 2.26. The maximum absolute atomic E-state index is 9.31. The quantitative estimate of drug-likeness (QED) is 0.719. The van der Waals surface area contributed by atoms with Crippen molar-refractivity contribution in [3.8, 4) is 5.95 Å². The van der Waals surface area contributed by atoms with Crippen LogP contribution in [-0.4, -0.2) is 29.4 Å². The minimum Gasteiger partial charge on any atom is -0.467 e. The van der Waals surface area contributed by atoms with Gasteiger partial charge < -0.3 is 14.4 Å². The first-order valence-corrected chi connectivity index (χ1v) is 3.91. The van der Waals surface area contributed by atoms with E-state index in [4.69, 9.17) is 9.15 Å². The van der Waals surface area contributed by atoms with Crippen molar-refractivity contribution in [1.82, 2.24) is 10.0 Å². The van der Waals surface area contributed by atoms with Gasteiger partial charge in [0.05, 0.1) is 7.11 Å². The van der Waals surface area contributed by atoms with E-state index in [0.717, 1.165) is 5.06 Å². The number of oxazole rings is 1. The van der Waals surface area contributed by atoms with Gasteiger partial charge in [0.25, 0.3) is 0 Å². The summed E-state index contributed by atoms with van der Waals surface area (Å²) in [6.45, 7) is 3.58. The van der Waals surface area contributed by atoms with Crippen molar-refractivity contribution in [2.75, 3.05) is 14.2 Å². The molecule has 0 aliphatic carbocycles. The summed E-state index contributed by atoms with van der Waals surface area (Å²) in [7, 11) is 3.04. The van der Waals surface area contributed by atoms with Gasteiger partial charge in [0.1, 0.15) is 11.7 Å². The predicted molar refractivity (Wildman–Crippen MR) is 45.6 cm³/mol. The van der Waals surface area contributed by atoms with E-state index in [1.807, 2.05) is 0 Å². The summed E-state index contributed by atoms with van der Waals surface area (Å²) in [6, 6.07) is 0. The third kappa shape index (κ3) is 1.81. The predicted octanol–water partition coefficient (Wildman–Crippen LogP) is 1.24. The molecule has 0 aliphatic heterocycles. The lowest BCUT2D eigenvalue weighted by Gasteiger charge is -2.26. The van der Waals surface area contributed by atoms with E-state index in [1.54, 1.807) is 13.8 Å². The van der Waals surface area contributed by atoms with Crippen LogP contribution >= 0.6 is 0 Å². The van der Waals surface area contributed by atoms with E-state index < -0.39 is 5.54 Å². The fourth-order valence-corrected chi connectivity index (χ4v) is 0.775. The van der Waals surface area contributed by atoms with Crippen LogP contribution < -0.4 is 4.74 Å². The molecule has 0 saturated carbocycles. The summed E-state index contributed by atoms with van der Waals surface area (Å²) in [6.07, 6.45) is 1.47. The molecule has 0 bridgehead atoms. The zero-order chi connectivity index (χ0) is 10.1. The van der Waals surface area contributed by atoms with Crippen LogP contribution in [0.1, 0.15) is 19.7 Å². The molecule has 0 atom stereocenters. The largest absolute Gasteiger partial charge is 0.467 e. The fourth-order valence-electron chi connectivity index (χ4n) is 0.775. The highest BCUT2D eigenvalue weighted by Gasteiger charge is 2.30. The van der Waals surface area contributed by atoms with Gasteiger partial charge in [-0.3, -0.25) is 0 Å². The molecule has 0 amide bonds. The van der Waals surface area contributed by atoms with Crippen LogP contribution in [0.5, 0.6) is 5.95 Å². The van der Waals surface area contributed by atoms with Gasteiger partial charge in [-0.05, 0) is 13.8 Å². The molecule has 1 aromatic rings. The summed E-state index contributed by atoms with van der Waals surface area (Å²) in [5.74, 6) is 0.749. The molecular formula is C8H14N2O3. The minimum atomic E-state index is -0.656. The molecule has 0 radical (unpaired) electrons. The number of nitrogens with zero attached hydrogens (tertiary/aromatic N) is 2. The van der Waals surface area contributed by atoms with Crippen molar-refractivity contribution in [2.45, 2.75) is 19.4 Å². The van der Waals surface area contributed by atoms with Gasteiger partial charge >= 0.3 is 5.95 Å². The standard InChI is InChI=1S/C8H14N2O3/c1-8(2,10(3)11)7-9-5-6(12-4)13-7/h5,11H,1-4H3. The molecule has 0 aromatic carbocycles. The first-order valence-electron chi connectivity index (χ1n) is 3.91. The average Bonchev–Trinajstić information content (AvgIpc) is 2.51. The molecule has 5 heteroatoms. The second-order valence-electron chi connectivity index (χ2n) is 3.27. The van der Waals surface area contributed by atoms with Crippen LogP contribution in [0.2, 0.25) is 0 Å². The van der Waals surface area contributed by atoms with Gasteiger partial charge in [-0.15, -0.1) is 0 Å². The van der Waals surface area contributed by atoms with Crippen LogP contribution in [0.15, 0.2) is 10.6 Å². The van der Waals surface area contributed by atoms with Crippen LogP contribution in [0.4, 0.5) is 0 Å². The van der Waals surface area contributed by atoms with E-state index in [-0.39, 0.29) is 0 Å². The fraction of sp³-hybridized carbons (Fsp3) is 0.625.